The molecule has 0 unspecified atom stereocenters. The van der Waals surface area contributed by atoms with E-state index < -0.39 is 0 Å². The number of para-hydroxylation sites is 1. The third-order valence-electron chi connectivity index (χ3n) is 2.71. The zero-order chi connectivity index (χ0) is 14.2. The Hall–Kier alpha value is -1.19. The molecule has 0 fully saturated rings. The molecule has 0 aromatic heterocycles. The molecule has 0 bridgehead atoms. The van der Waals surface area contributed by atoms with Crippen LogP contribution in [-0.4, -0.2) is 13.2 Å². The summed E-state index contributed by atoms with van der Waals surface area (Å²) < 4.78 is 12.2. The molecule has 2 rings (SSSR count). The number of halogens is 2. The van der Waals surface area contributed by atoms with E-state index in [0.717, 1.165) is 28.0 Å². The van der Waals surface area contributed by atoms with Gasteiger partial charge in [-0.1, -0.05) is 24.3 Å². The monoisotopic (exact) mass is 354 g/mol. The normalized spacial score (nSPS) is 10.3. The van der Waals surface area contributed by atoms with Gasteiger partial charge in [-0.15, -0.1) is 11.6 Å². The van der Waals surface area contributed by atoms with Gasteiger partial charge in [0.25, 0.3) is 0 Å². The Balaban J connectivity index is 1.71. The van der Waals surface area contributed by atoms with Crippen molar-refractivity contribution in [3.63, 3.8) is 0 Å². The van der Waals surface area contributed by atoms with Gasteiger partial charge in [0, 0.05) is 12.3 Å². The number of alkyl halides is 1. The van der Waals surface area contributed by atoms with Crippen LogP contribution in [0.2, 0.25) is 0 Å². The van der Waals surface area contributed by atoms with Crippen LogP contribution in [0.15, 0.2) is 53.0 Å². The van der Waals surface area contributed by atoms with Crippen molar-refractivity contribution < 1.29 is 9.47 Å². The van der Waals surface area contributed by atoms with Crippen molar-refractivity contribution in [2.75, 3.05) is 13.2 Å². The maximum Gasteiger partial charge on any atom is 0.133 e. The Morgan fingerprint density at radius 2 is 1.70 bits per heavy atom. The zero-order valence-corrected chi connectivity index (χ0v) is 13.4. The van der Waals surface area contributed by atoms with Crippen LogP contribution in [0.4, 0.5) is 0 Å². The third kappa shape index (κ3) is 4.73. The highest BCUT2D eigenvalue weighted by molar-refractivity contribution is 9.10. The molecule has 106 valence electrons. The van der Waals surface area contributed by atoms with Crippen molar-refractivity contribution in [1.29, 1.82) is 0 Å². The molecule has 0 aliphatic heterocycles. The molecule has 2 aromatic rings. The van der Waals surface area contributed by atoms with Gasteiger partial charge in [-0.05, 0) is 45.8 Å². The van der Waals surface area contributed by atoms with Crippen molar-refractivity contribution in [2.24, 2.45) is 0 Å². The highest BCUT2D eigenvalue weighted by Gasteiger charge is 2.02. The summed E-state index contributed by atoms with van der Waals surface area (Å²) in [5.41, 5.74) is 1.07. The Kier molecular flexibility index (Phi) is 6.22. The highest BCUT2D eigenvalue weighted by Crippen LogP contribution is 2.26. The standard InChI is InChI=1S/C16H16BrClO2/c17-15-11-13(12-18)7-8-16(15)20-10-4-9-19-14-5-2-1-3-6-14/h1-3,5-8,11H,4,9-10,12H2. The van der Waals surface area contributed by atoms with Gasteiger partial charge in [-0.3, -0.25) is 0 Å². The Labute approximate surface area is 132 Å². The lowest BCUT2D eigenvalue weighted by Gasteiger charge is -2.10. The number of ether oxygens (including phenoxy) is 2. The summed E-state index contributed by atoms with van der Waals surface area (Å²) in [5.74, 6) is 2.22. The first-order chi connectivity index (χ1) is 9.79. The predicted octanol–water partition coefficient (Wildman–Crippen LogP) is 5.04. The van der Waals surface area contributed by atoms with Gasteiger partial charge in [0.2, 0.25) is 0 Å². The fourth-order valence-corrected chi connectivity index (χ4v) is 2.40. The van der Waals surface area contributed by atoms with Crippen LogP contribution in [-0.2, 0) is 5.88 Å². The van der Waals surface area contributed by atoms with Crippen LogP contribution >= 0.6 is 27.5 Å². The van der Waals surface area contributed by atoms with E-state index in [1.807, 2.05) is 48.5 Å². The van der Waals surface area contributed by atoms with E-state index in [1.54, 1.807) is 0 Å². The minimum absolute atomic E-state index is 0.504. The van der Waals surface area contributed by atoms with Gasteiger partial charge in [0.05, 0.1) is 17.7 Å². The van der Waals surface area contributed by atoms with Crippen LogP contribution in [0, 0.1) is 0 Å². The fourth-order valence-electron chi connectivity index (χ4n) is 1.69. The van der Waals surface area contributed by atoms with E-state index >= 15 is 0 Å². The maximum absolute atomic E-state index is 5.78. The van der Waals surface area contributed by atoms with E-state index in [2.05, 4.69) is 15.9 Å². The largest absolute Gasteiger partial charge is 0.493 e. The zero-order valence-electron chi connectivity index (χ0n) is 11.0. The van der Waals surface area contributed by atoms with Crippen molar-refractivity contribution in [3.05, 3.63) is 58.6 Å². The Morgan fingerprint density at radius 3 is 2.40 bits per heavy atom. The Bertz CT molecular complexity index is 531. The second-order valence-corrected chi connectivity index (χ2v) is 5.38. The SMILES string of the molecule is ClCc1ccc(OCCCOc2ccccc2)c(Br)c1. The molecule has 0 aliphatic rings. The second kappa shape index (κ2) is 8.18. The first-order valence-corrected chi connectivity index (χ1v) is 7.77. The average Bonchev–Trinajstić information content (AvgIpc) is 2.49. The average molecular weight is 356 g/mol. The molecule has 0 atom stereocenters. The van der Waals surface area contributed by atoms with Crippen LogP contribution in [0.25, 0.3) is 0 Å². The van der Waals surface area contributed by atoms with E-state index in [0.29, 0.717) is 19.1 Å². The molecule has 0 saturated carbocycles. The lowest BCUT2D eigenvalue weighted by atomic mass is 10.2. The maximum atomic E-state index is 5.78. The van der Waals surface area contributed by atoms with Gasteiger partial charge in [0.1, 0.15) is 11.5 Å². The van der Waals surface area contributed by atoms with Gasteiger partial charge >= 0.3 is 0 Å². The Morgan fingerprint density at radius 1 is 0.950 bits per heavy atom. The van der Waals surface area contributed by atoms with E-state index in [1.165, 1.54) is 0 Å². The van der Waals surface area contributed by atoms with E-state index in [9.17, 15) is 0 Å². The first kappa shape index (κ1) is 15.2. The molecule has 0 radical (unpaired) electrons. The molecule has 0 saturated heterocycles. The first-order valence-electron chi connectivity index (χ1n) is 6.44. The summed E-state index contributed by atoms with van der Waals surface area (Å²) in [6.07, 6.45) is 0.832. The lowest BCUT2D eigenvalue weighted by molar-refractivity contribution is 0.246. The third-order valence-corrected chi connectivity index (χ3v) is 3.64. The van der Waals surface area contributed by atoms with Gasteiger partial charge in [-0.25, -0.2) is 0 Å². The van der Waals surface area contributed by atoms with Crippen molar-refractivity contribution in [3.8, 4) is 11.5 Å². The van der Waals surface area contributed by atoms with Crippen LogP contribution in [0.1, 0.15) is 12.0 Å². The molecular weight excluding hydrogens is 340 g/mol. The van der Waals surface area contributed by atoms with Crippen LogP contribution < -0.4 is 9.47 Å². The number of hydrogen-bond donors (Lipinski definition) is 0. The minimum Gasteiger partial charge on any atom is -0.493 e. The van der Waals surface area contributed by atoms with Crippen molar-refractivity contribution in [1.82, 2.24) is 0 Å². The predicted molar refractivity (Wildman–Crippen MR) is 85.7 cm³/mol. The summed E-state index contributed by atoms with van der Waals surface area (Å²) >= 11 is 9.26. The fraction of sp³-hybridized carbons (Fsp3) is 0.250. The van der Waals surface area contributed by atoms with E-state index in [-0.39, 0.29) is 0 Å². The summed E-state index contributed by atoms with van der Waals surface area (Å²) in [4.78, 5) is 0. The van der Waals surface area contributed by atoms with Crippen molar-refractivity contribution >= 4 is 27.5 Å². The molecule has 2 aromatic carbocycles. The topological polar surface area (TPSA) is 18.5 Å². The quantitative estimate of drug-likeness (QED) is 0.512. The van der Waals surface area contributed by atoms with Gasteiger partial charge < -0.3 is 9.47 Å². The minimum atomic E-state index is 0.504. The highest BCUT2D eigenvalue weighted by atomic mass is 79.9. The summed E-state index contributed by atoms with van der Waals surface area (Å²) in [6.45, 7) is 1.26. The smallest absolute Gasteiger partial charge is 0.133 e. The van der Waals surface area contributed by atoms with Gasteiger partial charge in [-0.2, -0.15) is 0 Å². The van der Waals surface area contributed by atoms with Crippen LogP contribution in [0.3, 0.4) is 0 Å². The molecule has 2 nitrogen and oxygen atoms in total. The number of rotatable bonds is 7. The number of benzene rings is 2. The molecule has 0 amide bonds. The summed E-state index contributed by atoms with van der Waals surface area (Å²) in [5, 5.41) is 0. The van der Waals surface area contributed by atoms with E-state index in [4.69, 9.17) is 21.1 Å². The molecule has 0 heterocycles. The van der Waals surface area contributed by atoms with Crippen molar-refractivity contribution in [2.45, 2.75) is 12.3 Å². The summed E-state index contributed by atoms with van der Waals surface area (Å²) in [7, 11) is 0. The number of hydrogen-bond acceptors (Lipinski definition) is 2. The van der Waals surface area contributed by atoms with Crippen LogP contribution in [0.5, 0.6) is 11.5 Å². The summed E-state index contributed by atoms with van der Waals surface area (Å²) in [6, 6.07) is 15.7. The molecule has 20 heavy (non-hydrogen) atoms. The molecule has 0 aliphatic carbocycles. The molecule has 4 heteroatoms. The lowest BCUT2D eigenvalue weighted by Crippen LogP contribution is -2.05. The van der Waals surface area contributed by atoms with Gasteiger partial charge in [0.15, 0.2) is 0 Å². The second-order valence-electron chi connectivity index (χ2n) is 4.26. The molecule has 0 spiro atoms. The molecule has 0 N–H and O–H groups in total. The molecular formula is C16H16BrClO2.